The number of carboxylic acids is 1. The summed E-state index contributed by atoms with van der Waals surface area (Å²) in [6, 6.07) is 9.50. The van der Waals surface area contributed by atoms with Crippen molar-refractivity contribution >= 4 is 11.9 Å². The first kappa shape index (κ1) is 19.4. The molecule has 5 heteroatoms. The monoisotopic (exact) mass is 347 g/mol. The van der Waals surface area contributed by atoms with E-state index in [9.17, 15) is 19.8 Å². The summed E-state index contributed by atoms with van der Waals surface area (Å²) in [6.07, 6.45) is 2.88. The molecule has 0 aliphatic carbocycles. The zero-order chi connectivity index (χ0) is 18.4. The first-order chi connectivity index (χ1) is 11.9. The van der Waals surface area contributed by atoms with Gasteiger partial charge in [-0.25, -0.2) is 0 Å². The summed E-state index contributed by atoms with van der Waals surface area (Å²) in [5.74, 6) is -1.82. The van der Waals surface area contributed by atoms with Gasteiger partial charge in [0, 0.05) is 19.0 Å². The van der Waals surface area contributed by atoms with Gasteiger partial charge in [-0.3, -0.25) is 9.59 Å². The Bertz CT molecular complexity index is 581. The summed E-state index contributed by atoms with van der Waals surface area (Å²) >= 11 is 0. The third kappa shape index (κ3) is 4.82. The van der Waals surface area contributed by atoms with E-state index in [4.69, 9.17) is 0 Å². The van der Waals surface area contributed by atoms with Crippen LogP contribution in [-0.2, 0) is 9.59 Å². The number of hydrogen-bond acceptors (Lipinski definition) is 3. The lowest BCUT2D eigenvalue weighted by Gasteiger charge is -2.29. The fourth-order valence-corrected chi connectivity index (χ4v) is 3.92. The van der Waals surface area contributed by atoms with E-state index in [1.54, 1.807) is 4.90 Å². The number of aliphatic carboxylic acids is 1. The van der Waals surface area contributed by atoms with Gasteiger partial charge in [-0.1, -0.05) is 57.0 Å². The molecule has 2 N–H and O–H groups in total. The van der Waals surface area contributed by atoms with Crippen LogP contribution in [0.15, 0.2) is 30.3 Å². The van der Waals surface area contributed by atoms with Crippen LogP contribution in [0.5, 0.6) is 0 Å². The molecule has 0 aromatic heterocycles. The van der Waals surface area contributed by atoms with Gasteiger partial charge in [0.2, 0.25) is 5.91 Å². The summed E-state index contributed by atoms with van der Waals surface area (Å²) in [4.78, 5) is 26.0. The minimum Gasteiger partial charge on any atom is -0.481 e. The van der Waals surface area contributed by atoms with Crippen molar-refractivity contribution in [1.29, 1.82) is 0 Å². The average Bonchev–Trinajstić information content (AvgIpc) is 3.01. The zero-order valence-electron chi connectivity index (χ0n) is 15.1. The maximum atomic E-state index is 12.7. The Morgan fingerprint density at radius 2 is 1.72 bits per heavy atom. The molecule has 2 atom stereocenters. The molecule has 1 aliphatic heterocycles. The van der Waals surface area contributed by atoms with Crippen LogP contribution in [0.4, 0.5) is 0 Å². The maximum Gasteiger partial charge on any atom is 0.308 e. The lowest BCUT2D eigenvalue weighted by atomic mass is 9.89. The Hall–Kier alpha value is -1.88. The molecule has 1 aromatic rings. The predicted molar refractivity (Wildman–Crippen MR) is 96.3 cm³/mol. The fourth-order valence-electron chi connectivity index (χ4n) is 3.92. The van der Waals surface area contributed by atoms with Gasteiger partial charge in [-0.15, -0.1) is 0 Å². The fraction of sp³-hybridized carbons (Fsp3) is 0.600. The van der Waals surface area contributed by atoms with Crippen LogP contribution in [-0.4, -0.2) is 45.7 Å². The number of nitrogens with zero attached hydrogens (tertiary/aromatic N) is 1. The number of amides is 1. The van der Waals surface area contributed by atoms with Crippen molar-refractivity contribution in [3.8, 4) is 0 Å². The summed E-state index contributed by atoms with van der Waals surface area (Å²) in [5.41, 5.74) is -0.0352. The molecule has 0 radical (unpaired) electrons. The van der Waals surface area contributed by atoms with Crippen LogP contribution in [0.25, 0.3) is 0 Å². The molecule has 138 valence electrons. The number of carboxylic acid groups (broad SMARTS) is 1. The number of hydrogen-bond donors (Lipinski definition) is 2. The van der Waals surface area contributed by atoms with Gasteiger partial charge < -0.3 is 15.1 Å². The van der Waals surface area contributed by atoms with E-state index in [-0.39, 0.29) is 24.8 Å². The Morgan fingerprint density at radius 3 is 2.24 bits per heavy atom. The minimum atomic E-state index is -0.982. The second-order valence-corrected chi connectivity index (χ2v) is 7.16. The van der Waals surface area contributed by atoms with Crippen LogP contribution < -0.4 is 0 Å². The average molecular weight is 347 g/mol. The molecule has 1 heterocycles. The number of benzene rings is 1. The van der Waals surface area contributed by atoms with E-state index in [2.05, 4.69) is 0 Å². The Labute approximate surface area is 149 Å². The van der Waals surface area contributed by atoms with Gasteiger partial charge in [0.15, 0.2) is 0 Å². The van der Waals surface area contributed by atoms with Crippen molar-refractivity contribution in [2.75, 3.05) is 13.1 Å². The van der Waals surface area contributed by atoms with Crippen molar-refractivity contribution in [2.45, 2.75) is 57.5 Å². The highest BCUT2D eigenvalue weighted by molar-refractivity contribution is 5.80. The SMILES string of the molecule is CCCC(O)(CCC)CC(=O)N1C[C@H](C(=O)O)[C@H](c2ccccc2)C1. The van der Waals surface area contributed by atoms with Gasteiger partial charge in [0.1, 0.15) is 0 Å². The van der Waals surface area contributed by atoms with Crippen molar-refractivity contribution in [2.24, 2.45) is 5.92 Å². The van der Waals surface area contributed by atoms with Gasteiger partial charge in [-0.05, 0) is 18.4 Å². The number of carbonyl (C=O) groups excluding carboxylic acids is 1. The first-order valence-corrected chi connectivity index (χ1v) is 9.18. The minimum absolute atomic E-state index is 0.0720. The van der Waals surface area contributed by atoms with E-state index in [1.807, 2.05) is 44.2 Å². The maximum absolute atomic E-state index is 12.7. The quantitative estimate of drug-likeness (QED) is 0.758. The molecule has 0 unspecified atom stereocenters. The third-order valence-electron chi connectivity index (χ3n) is 5.13. The number of carbonyl (C=O) groups is 2. The van der Waals surface area contributed by atoms with E-state index in [0.29, 0.717) is 19.4 Å². The number of likely N-dealkylation sites (tertiary alicyclic amines) is 1. The summed E-state index contributed by atoms with van der Waals surface area (Å²) < 4.78 is 0. The van der Waals surface area contributed by atoms with E-state index >= 15 is 0 Å². The van der Waals surface area contributed by atoms with Gasteiger partial charge in [0.25, 0.3) is 0 Å². The highest BCUT2D eigenvalue weighted by Crippen LogP contribution is 2.34. The molecule has 1 saturated heterocycles. The second-order valence-electron chi connectivity index (χ2n) is 7.16. The van der Waals surface area contributed by atoms with Crippen molar-refractivity contribution in [1.82, 2.24) is 4.90 Å². The van der Waals surface area contributed by atoms with Crippen molar-refractivity contribution in [3.05, 3.63) is 35.9 Å². The third-order valence-corrected chi connectivity index (χ3v) is 5.13. The lowest BCUT2D eigenvalue weighted by Crippen LogP contribution is -2.39. The molecule has 25 heavy (non-hydrogen) atoms. The Balaban J connectivity index is 2.12. The highest BCUT2D eigenvalue weighted by atomic mass is 16.4. The molecular formula is C20H29NO4. The van der Waals surface area contributed by atoms with Crippen LogP contribution >= 0.6 is 0 Å². The largest absolute Gasteiger partial charge is 0.481 e. The van der Waals surface area contributed by atoms with Crippen molar-refractivity contribution in [3.63, 3.8) is 0 Å². The zero-order valence-corrected chi connectivity index (χ0v) is 15.1. The van der Waals surface area contributed by atoms with Crippen LogP contribution in [0.1, 0.15) is 57.4 Å². The molecule has 1 fully saturated rings. The number of aliphatic hydroxyl groups is 1. The Kier molecular flexibility index (Phi) is 6.59. The van der Waals surface area contributed by atoms with E-state index < -0.39 is 17.5 Å². The second kappa shape index (κ2) is 8.48. The molecule has 1 aliphatic rings. The Morgan fingerprint density at radius 1 is 1.12 bits per heavy atom. The highest BCUT2D eigenvalue weighted by Gasteiger charge is 2.41. The van der Waals surface area contributed by atoms with Gasteiger partial charge in [0.05, 0.1) is 17.9 Å². The van der Waals surface area contributed by atoms with Gasteiger partial charge in [-0.2, -0.15) is 0 Å². The molecule has 0 saturated carbocycles. The molecule has 1 amide bonds. The first-order valence-electron chi connectivity index (χ1n) is 9.18. The standard InChI is InChI=1S/C20H29NO4/c1-3-10-20(25,11-4-2)12-18(22)21-13-16(17(14-21)19(23)24)15-8-6-5-7-9-15/h5-9,16-17,25H,3-4,10-14H2,1-2H3,(H,23,24)/t16-,17-/m0/s1. The lowest BCUT2D eigenvalue weighted by molar-refractivity contribution is -0.142. The van der Waals surface area contributed by atoms with Crippen molar-refractivity contribution < 1.29 is 19.8 Å². The molecule has 0 spiro atoms. The normalized spacial score (nSPS) is 20.7. The summed E-state index contributed by atoms with van der Waals surface area (Å²) in [5, 5.41) is 20.3. The predicted octanol–water partition coefficient (Wildman–Crippen LogP) is 3.03. The van der Waals surface area contributed by atoms with E-state index in [0.717, 1.165) is 18.4 Å². The smallest absolute Gasteiger partial charge is 0.308 e. The van der Waals surface area contributed by atoms with Gasteiger partial charge >= 0.3 is 5.97 Å². The topological polar surface area (TPSA) is 77.8 Å². The van der Waals surface area contributed by atoms with E-state index in [1.165, 1.54) is 0 Å². The summed E-state index contributed by atoms with van der Waals surface area (Å²) in [7, 11) is 0. The molecule has 5 nitrogen and oxygen atoms in total. The number of rotatable bonds is 8. The molecule has 0 bridgehead atoms. The summed E-state index contributed by atoms with van der Waals surface area (Å²) in [6.45, 7) is 4.59. The molecular weight excluding hydrogens is 318 g/mol. The van der Waals surface area contributed by atoms with Crippen LogP contribution in [0.2, 0.25) is 0 Å². The van der Waals surface area contributed by atoms with Crippen LogP contribution in [0, 0.1) is 5.92 Å². The molecule has 1 aromatic carbocycles. The van der Waals surface area contributed by atoms with Crippen LogP contribution in [0.3, 0.4) is 0 Å². The molecule has 2 rings (SSSR count).